The minimum absolute atomic E-state index is 0. The van der Waals surface area contributed by atoms with Crippen molar-refractivity contribution < 1.29 is 9.53 Å². The summed E-state index contributed by atoms with van der Waals surface area (Å²) in [6.07, 6.45) is 2.16. The number of nitrogens with two attached hydrogens (primary N) is 1. The highest BCUT2D eigenvalue weighted by molar-refractivity contribution is 5.95. The summed E-state index contributed by atoms with van der Waals surface area (Å²) in [6, 6.07) is 5.12. The number of hydrogen-bond acceptors (Lipinski definition) is 3. The number of ether oxygens (including phenoxy) is 1. The Labute approximate surface area is 121 Å². The molecule has 1 rings (SSSR count). The van der Waals surface area contributed by atoms with E-state index in [-0.39, 0.29) is 18.3 Å². The number of anilines is 1. The maximum Gasteiger partial charge on any atom is 0.241 e. The number of halogens is 1. The van der Waals surface area contributed by atoms with Gasteiger partial charge in [0.05, 0.1) is 12.6 Å². The molecule has 0 spiro atoms. The van der Waals surface area contributed by atoms with Gasteiger partial charge in [-0.05, 0) is 44.0 Å². The molecule has 1 amide bonds. The summed E-state index contributed by atoms with van der Waals surface area (Å²) in [5, 5.41) is 2.78. The second-order valence-corrected chi connectivity index (χ2v) is 4.46. The number of carbonyl (C=O) groups excluding carboxylic acids is 1. The van der Waals surface area contributed by atoms with Crippen LogP contribution in [0.15, 0.2) is 18.2 Å². The fourth-order valence-electron chi connectivity index (χ4n) is 1.45. The summed E-state index contributed by atoms with van der Waals surface area (Å²) in [5.41, 5.74) is 7.26. The summed E-state index contributed by atoms with van der Waals surface area (Å²) in [5.74, 6) is 0.650. The van der Waals surface area contributed by atoms with Crippen molar-refractivity contribution in [2.24, 2.45) is 5.73 Å². The maximum absolute atomic E-state index is 11.5. The molecule has 4 nitrogen and oxygen atoms in total. The largest absolute Gasteiger partial charge is 0.494 e. The van der Waals surface area contributed by atoms with Crippen LogP contribution in [0, 0.1) is 6.92 Å². The molecular weight excluding hydrogens is 264 g/mol. The first-order valence-corrected chi connectivity index (χ1v) is 6.34. The Morgan fingerprint density at radius 3 is 2.68 bits per heavy atom. The molecule has 1 aromatic rings. The monoisotopic (exact) mass is 286 g/mol. The lowest BCUT2D eigenvalue weighted by Crippen LogP contribution is -2.32. The summed E-state index contributed by atoms with van der Waals surface area (Å²) < 4.78 is 5.60. The van der Waals surface area contributed by atoms with Crippen molar-refractivity contribution in [2.45, 2.75) is 39.7 Å². The maximum atomic E-state index is 11.5. The minimum atomic E-state index is -0.509. The van der Waals surface area contributed by atoms with Crippen LogP contribution in [0.1, 0.15) is 32.3 Å². The minimum Gasteiger partial charge on any atom is -0.494 e. The predicted molar refractivity (Wildman–Crippen MR) is 81.1 cm³/mol. The summed E-state index contributed by atoms with van der Waals surface area (Å²) in [6.45, 7) is 6.44. The highest BCUT2D eigenvalue weighted by atomic mass is 35.5. The van der Waals surface area contributed by atoms with E-state index >= 15 is 0 Å². The fourth-order valence-corrected chi connectivity index (χ4v) is 1.45. The lowest BCUT2D eigenvalue weighted by Gasteiger charge is -2.12. The highest BCUT2D eigenvalue weighted by Gasteiger charge is 2.09. The molecule has 0 aromatic heterocycles. The van der Waals surface area contributed by atoms with Crippen molar-refractivity contribution in [1.82, 2.24) is 0 Å². The number of nitrogens with one attached hydrogen (secondary N) is 1. The summed E-state index contributed by atoms with van der Waals surface area (Å²) in [4.78, 5) is 11.5. The van der Waals surface area contributed by atoms with Crippen molar-refractivity contribution in [3.8, 4) is 5.75 Å². The van der Waals surface area contributed by atoms with E-state index in [1.807, 2.05) is 25.1 Å². The van der Waals surface area contributed by atoms with Crippen LogP contribution in [0.3, 0.4) is 0 Å². The Kier molecular flexibility index (Phi) is 8.19. The molecule has 0 fully saturated rings. The van der Waals surface area contributed by atoms with Gasteiger partial charge in [0.25, 0.3) is 0 Å². The van der Waals surface area contributed by atoms with Crippen LogP contribution >= 0.6 is 12.4 Å². The van der Waals surface area contributed by atoms with Crippen LogP contribution < -0.4 is 15.8 Å². The van der Waals surface area contributed by atoms with Crippen molar-refractivity contribution in [2.75, 3.05) is 11.9 Å². The molecule has 19 heavy (non-hydrogen) atoms. The quantitative estimate of drug-likeness (QED) is 0.790. The molecule has 5 heteroatoms. The van der Waals surface area contributed by atoms with Crippen LogP contribution in [-0.4, -0.2) is 18.6 Å². The van der Waals surface area contributed by atoms with E-state index in [9.17, 15) is 4.79 Å². The van der Waals surface area contributed by atoms with E-state index in [4.69, 9.17) is 10.5 Å². The molecule has 0 aliphatic rings. The number of benzene rings is 1. The van der Waals surface area contributed by atoms with E-state index in [1.54, 1.807) is 6.92 Å². The van der Waals surface area contributed by atoms with E-state index in [0.717, 1.165) is 36.4 Å². The predicted octanol–water partition coefficient (Wildman–Crippen LogP) is 2.88. The second-order valence-electron chi connectivity index (χ2n) is 4.46. The number of rotatable bonds is 6. The van der Waals surface area contributed by atoms with Gasteiger partial charge < -0.3 is 15.8 Å². The second kappa shape index (κ2) is 8.77. The number of unbranched alkanes of at least 4 members (excludes halogenated alkanes) is 1. The molecule has 0 heterocycles. The molecule has 0 aliphatic heterocycles. The summed E-state index contributed by atoms with van der Waals surface area (Å²) in [7, 11) is 0. The van der Waals surface area contributed by atoms with Crippen molar-refractivity contribution >= 4 is 24.0 Å². The standard InChI is InChI=1S/C14H22N2O2.ClH/c1-4-5-8-18-12-6-7-13(10(2)9-12)16-14(17)11(3)15;/h6-7,9,11H,4-5,8,15H2,1-3H3,(H,16,17);1H. The Balaban J connectivity index is 0.00000324. The van der Waals surface area contributed by atoms with E-state index in [0.29, 0.717) is 0 Å². The number of carbonyl (C=O) groups is 1. The van der Waals surface area contributed by atoms with E-state index in [1.165, 1.54) is 0 Å². The Morgan fingerprint density at radius 1 is 1.47 bits per heavy atom. The Hall–Kier alpha value is -1.26. The van der Waals surface area contributed by atoms with Crippen LogP contribution in [0.25, 0.3) is 0 Å². The fraction of sp³-hybridized carbons (Fsp3) is 0.500. The first kappa shape index (κ1) is 17.7. The van der Waals surface area contributed by atoms with Gasteiger partial charge in [0.15, 0.2) is 0 Å². The van der Waals surface area contributed by atoms with Crippen LogP contribution in [0.5, 0.6) is 5.75 Å². The average molecular weight is 287 g/mol. The van der Waals surface area contributed by atoms with Crippen molar-refractivity contribution in [3.05, 3.63) is 23.8 Å². The van der Waals surface area contributed by atoms with Gasteiger partial charge in [-0.1, -0.05) is 13.3 Å². The first-order chi connectivity index (χ1) is 8.54. The zero-order valence-corrected chi connectivity index (χ0v) is 12.5. The van der Waals surface area contributed by atoms with Gasteiger partial charge in [-0.3, -0.25) is 4.79 Å². The lowest BCUT2D eigenvalue weighted by molar-refractivity contribution is -0.117. The zero-order chi connectivity index (χ0) is 13.5. The third kappa shape index (κ3) is 5.94. The van der Waals surface area contributed by atoms with Gasteiger partial charge in [0, 0.05) is 5.69 Å². The number of amides is 1. The van der Waals surface area contributed by atoms with Gasteiger partial charge in [-0.15, -0.1) is 12.4 Å². The Bertz CT molecular complexity index is 408. The van der Waals surface area contributed by atoms with E-state index in [2.05, 4.69) is 12.2 Å². The third-order valence-electron chi connectivity index (χ3n) is 2.64. The van der Waals surface area contributed by atoms with Crippen molar-refractivity contribution in [3.63, 3.8) is 0 Å². The Morgan fingerprint density at radius 2 is 2.16 bits per heavy atom. The molecule has 1 unspecified atom stereocenters. The van der Waals surface area contributed by atoms with Gasteiger partial charge in [-0.25, -0.2) is 0 Å². The lowest BCUT2D eigenvalue weighted by atomic mass is 10.2. The van der Waals surface area contributed by atoms with Gasteiger partial charge in [0.1, 0.15) is 5.75 Å². The smallest absolute Gasteiger partial charge is 0.241 e. The van der Waals surface area contributed by atoms with Gasteiger partial charge in [0.2, 0.25) is 5.91 Å². The molecule has 1 atom stereocenters. The number of hydrogen-bond donors (Lipinski definition) is 2. The van der Waals surface area contributed by atoms with E-state index < -0.39 is 6.04 Å². The number of aryl methyl sites for hydroxylation is 1. The molecule has 0 aliphatic carbocycles. The molecule has 0 saturated carbocycles. The molecular formula is C14H23ClN2O2. The molecule has 0 saturated heterocycles. The van der Waals surface area contributed by atoms with Crippen LogP contribution in [0.4, 0.5) is 5.69 Å². The molecule has 0 bridgehead atoms. The van der Waals surface area contributed by atoms with Crippen LogP contribution in [0.2, 0.25) is 0 Å². The topological polar surface area (TPSA) is 64.3 Å². The zero-order valence-electron chi connectivity index (χ0n) is 11.7. The molecule has 3 N–H and O–H groups in total. The first-order valence-electron chi connectivity index (χ1n) is 6.34. The third-order valence-corrected chi connectivity index (χ3v) is 2.64. The normalized spacial score (nSPS) is 11.4. The molecule has 0 radical (unpaired) electrons. The highest BCUT2D eigenvalue weighted by Crippen LogP contribution is 2.21. The van der Waals surface area contributed by atoms with Crippen molar-refractivity contribution in [1.29, 1.82) is 0 Å². The molecule has 1 aromatic carbocycles. The van der Waals surface area contributed by atoms with Gasteiger partial charge in [-0.2, -0.15) is 0 Å². The summed E-state index contributed by atoms with van der Waals surface area (Å²) >= 11 is 0. The SMILES string of the molecule is CCCCOc1ccc(NC(=O)C(C)N)c(C)c1.Cl. The molecule has 108 valence electrons. The van der Waals surface area contributed by atoms with Gasteiger partial charge >= 0.3 is 0 Å². The van der Waals surface area contributed by atoms with Crippen LogP contribution in [-0.2, 0) is 4.79 Å². The average Bonchev–Trinajstić information content (AvgIpc) is 2.32.